The van der Waals surface area contributed by atoms with Crippen molar-refractivity contribution < 1.29 is 4.74 Å². The fourth-order valence-electron chi connectivity index (χ4n) is 1.54. The van der Waals surface area contributed by atoms with Gasteiger partial charge in [0.25, 0.3) is 0 Å². The molecule has 3 nitrogen and oxygen atoms in total. The van der Waals surface area contributed by atoms with Crippen LogP contribution in [0.1, 0.15) is 32.3 Å². The molecule has 15 heavy (non-hydrogen) atoms. The summed E-state index contributed by atoms with van der Waals surface area (Å²) in [5, 5.41) is 0. The number of nitrogen functional groups attached to an aromatic ring is 1. The molecule has 0 aliphatic rings. The van der Waals surface area contributed by atoms with Crippen LogP contribution in [-0.2, 0) is 11.3 Å². The molecule has 0 fully saturated rings. The first-order valence-electron chi connectivity index (χ1n) is 5.50. The zero-order valence-corrected chi connectivity index (χ0v) is 9.57. The number of hydrogen-bond acceptors (Lipinski definition) is 3. The molecule has 2 N–H and O–H groups in total. The molecule has 0 aliphatic carbocycles. The van der Waals surface area contributed by atoms with Gasteiger partial charge in [0.15, 0.2) is 0 Å². The Kier molecular flexibility index (Phi) is 5.12. The Morgan fingerprint density at radius 2 is 2.33 bits per heavy atom. The summed E-state index contributed by atoms with van der Waals surface area (Å²) < 4.78 is 5.61. The molecule has 1 heterocycles. The molecule has 1 unspecified atom stereocenters. The lowest BCUT2D eigenvalue weighted by atomic mass is 10.1. The number of hydrogen-bond donors (Lipinski definition) is 1. The van der Waals surface area contributed by atoms with Crippen LogP contribution in [0.25, 0.3) is 0 Å². The van der Waals surface area contributed by atoms with Crippen LogP contribution >= 0.6 is 0 Å². The SMILES string of the molecule is CCCC(C)COCc1ccnc(N)c1. The smallest absolute Gasteiger partial charge is 0.123 e. The highest BCUT2D eigenvalue weighted by molar-refractivity contribution is 5.31. The van der Waals surface area contributed by atoms with Crippen molar-refractivity contribution >= 4 is 5.82 Å². The second-order valence-electron chi connectivity index (χ2n) is 4.00. The zero-order valence-electron chi connectivity index (χ0n) is 9.57. The molecule has 0 bridgehead atoms. The summed E-state index contributed by atoms with van der Waals surface area (Å²) in [7, 11) is 0. The molecular formula is C12H20N2O. The highest BCUT2D eigenvalue weighted by atomic mass is 16.5. The van der Waals surface area contributed by atoms with Crippen molar-refractivity contribution in [1.82, 2.24) is 4.98 Å². The zero-order chi connectivity index (χ0) is 11.1. The first kappa shape index (κ1) is 12.0. The highest BCUT2D eigenvalue weighted by Gasteiger charge is 2.01. The Morgan fingerprint density at radius 1 is 1.53 bits per heavy atom. The summed E-state index contributed by atoms with van der Waals surface area (Å²) in [6, 6.07) is 3.78. The minimum atomic E-state index is 0.553. The lowest BCUT2D eigenvalue weighted by Crippen LogP contribution is -2.05. The summed E-state index contributed by atoms with van der Waals surface area (Å²) in [6.45, 7) is 5.85. The van der Waals surface area contributed by atoms with E-state index < -0.39 is 0 Å². The van der Waals surface area contributed by atoms with Crippen LogP contribution in [0.4, 0.5) is 5.82 Å². The van der Waals surface area contributed by atoms with Gasteiger partial charge < -0.3 is 10.5 Å². The molecule has 0 saturated heterocycles. The summed E-state index contributed by atoms with van der Waals surface area (Å²) in [6.07, 6.45) is 4.15. The Balaban J connectivity index is 2.25. The van der Waals surface area contributed by atoms with Gasteiger partial charge in [0, 0.05) is 12.8 Å². The molecule has 1 aromatic rings. The second kappa shape index (κ2) is 6.40. The molecule has 0 saturated carbocycles. The van der Waals surface area contributed by atoms with Crippen molar-refractivity contribution in [2.24, 2.45) is 5.92 Å². The van der Waals surface area contributed by atoms with Crippen LogP contribution in [0.5, 0.6) is 0 Å². The topological polar surface area (TPSA) is 48.1 Å². The number of rotatable bonds is 6. The van der Waals surface area contributed by atoms with Crippen molar-refractivity contribution in [3.8, 4) is 0 Å². The van der Waals surface area contributed by atoms with Crippen molar-refractivity contribution in [2.75, 3.05) is 12.3 Å². The number of nitrogens with zero attached hydrogens (tertiary/aromatic N) is 1. The van der Waals surface area contributed by atoms with Crippen molar-refractivity contribution in [2.45, 2.75) is 33.3 Å². The first-order chi connectivity index (χ1) is 7.22. The summed E-state index contributed by atoms with van der Waals surface area (Å²) in [5.74, 6) is 1.19. The number of ether oxygens (including phenoxy) is 1. The van der Waals surface area contributed by atoms with Crippen LogP contribution in [0.3, 0.4) is 0 Å². The van der Waals surface area contributed by atoms with Gasteiger partial charge in [-0.3, -0.25) is 0 Å². The molecule has 0 amide bonds. The first-order valence-corrected chi connectivity index (χ1v) is 5.50. The van der Waals surface area contributed by atoms with Crippen molar-refractivity contribution in [3.63, 3.8) is 0 Å². The fraction of sp³-hybridized carbons (Fsp3) is 0.583. The van der Waals surface area contributed by atoms with Crippen LogP contribution in [0.15, 0.2) is 18.3 Å². The molecule has 0 aromatic carbocycles. The van der Waals surface area contributed by atoms with Gasteiger partial charge >= 0.3 is 0 Å². The number of aromatic nitrogens is 1. The molecule has 0 spiro atoms. The van der Waals surface area contributed by atoms with Crippen molar-refractivity contribution in [1.29, 1.82) is 0 Å². The van der Waals surface area contributed by atoms with Gasteiger partial charge in [-0.2, -0.15) is 0 Å². The van der Waals surface area contributed by atoms with E-state index in [2.05, 4.69) is 18.8 Å². The lowest BCUT2D eigenvalue weighted by Gasteiger charge is -2.10. The maximum Gasteiger partial charge on any atom is 0.123 e. The fourth-order valence-corrected chi connectivity index (χ4v) is 1.54. The third-order valence-corrected chi connectivity index (χ3v) is 2.30. The molecule has 84 valence electrons. The standard InChI is InChI=1S/C12H20N2O/c1-3-4-10(2)8-15-9-11-5-6-14-12(13)7-11/h5-7,10H,3-4,8-9H2,1-2H3,(H2,13,14). The number of pyridine rings is 1. The van der Waals surface area contributed by atoms with E-state index in [4.69, 9.17) is 10.5 Å². The van der Waals surface area contributed by atoms with Crippen LogP contribution in [0.2, 0.25) is 0 Å². The van der Waals surface area contributed by atoms with E-state index in [0.717, 1.165) is 12.2 Å². The molecule has 0 radical (unpaired) electrons. The van der Waals surface area contributed by atoms with Gasteiger partial charge in [-0.05, 0) is 30.0 Å². The molecule has 1 rings (SSSR count). The molecule has 1 aromatic heterocycles. The van der Waals surface area contributed by atoms with E-state index in [-0.39, 0.29) is 0 Å². The van der Waals surface area contributed by atoms with Crippen molar-refractivity contribution in [3.05, 3.63) is 23.9 Å². The number of anilines is 1. The second-order valence-corrected chi connectivity index (χ2v) is 4.00. The quantitative estimate of drug-likeness (QED) is 0.781. The monoisotopic (exact) mass is 208 g/mol. The van der Waals surface area contributed by atoms with Gasteiger partial charge in [0.05, 0.1) is 6.61 Å². The number of nitrogens with two attached hydrogens (primary N) is 1. The maximum absolute atomic E-state index is 5.61. The largest absolute Gasteiger partial charge is 0.384 e. The van der Waals surface area contributed by atoms with Crippen LogP contribution in [-0.4, -0.2) is 11.6 Å². The van der Waals surface area contributed by atoms with Gasteiger partial charge in [-0.15, -0.1) is 0 Å². The van der Waals surface area contributed by atoms with Gasteiger partial charge in [0.2, 0.25) is 0 Å². The average Bonchev–Trinajstić information content (AvgIpc) is 2.18. The molecule has 1 atom stereocenters. The predicted octanol–water partition coefficient (Wildman–Crippen LogP) is 2.62. The highest BCUT2D eigenvalue weighted by Crippen LogP contribution is 2.08. The minimum Gasteiger partial charge on any atom is -0.384 e. The Labute approximate surface area is 91.7 Å². The van der Waals surface area contributed by atoms with E-state index in [1.807, 2.05) is 12.1 Å². The lowest BCUT2D eigenvalue weighted by molar-refractivity contribution is 0.0893. The third kappa shape index (κ3) is 4.79. The molecule has 0 aliphatic heterocycles. The Morgan fingerprint density at radius 3 is 3.00 bits per heavy atom. The summed E-state index contributed by atoms with van der Waals surface area (Å²) >= 11 is 0. The summed E-state index contributed by atoms with van der Waals surface area (Å²) in [4.78, 5) is 3.93. The van der Waals surface area contributed by atoms with E-state index >= 15 is 0 Å². The average molecular weight is 208 g/mol. The molecular weight excluding hydrogens is 188 g/mol. The Hall–Kier alpha value is -1.09. The minimum absolute atomic E-state index is 0.553. The van der Waals surface area contributed by atoms with E-state index in [0.29, 0.717) is 18.3 Å². The van der Waals surface area contributed by atoms with E-state index in [1.165, 1.54) is 12.8 Å². The van der Waals surface area contributed by atoms with E-state index in [1.54, 1.807) is 6.20 Å². The maximum atomic E-state index is 5.61. The van der Waals surface area contributed by atoms with Crippen LogP contribution < -0.4 is 5.73 Å². The van der Waals surface area contributed by atoms with Gasteiger partial charge in [0.1, 0.15) is 5.82 Å². The predicted molar refractivity (Wildman–Crippen MR) is 62.4 cm³/mol. The molecule has 3 heteroatoms. The normalized spacial score (nSPS) is 12.7. The van der Waals surface area contributed by atoms with Gasteiger partial charge in [-0.1, -0.05) is 20.3 Å². The van der Waals surface area contributed by atoms with Crippen LogP contribution in [0, 0.1) is 5.92 Å². The summed E-state index contributed by atoms with van der Waals surface area (Å²) in [5.41, 5.74) is 6.66. The third-order valence-electron chi connectivity index (χ3n) is 2.30. The van der Waals surface area contributed by atoms with E-state index in [9.17, 15) is 0 Å². The Bertz CT molecular complexity index is 289. The van der Waals surface area contributed by atoms with Gasteiger partial charge in [-0.25, -0.2) is 4.98 Å².